The van der Waals surface area contributed by atoms with E-state index in [1.54, 1.807) is 50.7 Å². The molecule has 4 rings (SSSR count). The number of anilines is 1. The van der Waals surface area contributed by atoms with Crippen LogP contribution in [0, 0.1) is 5.92 Å². The molecule has 0 bridgehead atoms. The number of carbonyl (C=O) groups excluding carboxylic acids is 2. The first-order valence-electron chi connectivity index (χ1n) is 11.1. The van der Waals surface area contributed by atoms with Crippen LogP contribution in [-0.4, -0.2) is 79.7 Å². The topological polar surface area (TPSA) is 118 Å². The fraction of sp³-hybridized carbons (Fsp3) is 0.435. The molecule has 0 radical (unpaired) electrons. The predicted octanol–water partition coefficient (Wildman–Crippen LogP) is 1.02. The SMILES string of the molecule is CCOC(=O)[C@H]1C(=O)NC(N2CCN(c3ncccn3)CC2)=N[C@@H]1c1ccc(OC)cc1OC. The molecule has 1 saturated heterocycles. The molecule has 1 fully saturated rings. The summed E-state index contributed by atoms with van der Waals surface area (Å²) >= 11 is 0. The predicted molar refractivity (Wildman–Crippen MR) is 124 cm³/mol. The molecule has 11 heteroatoms. The fourth-order valence-corrected chi connectivity index (χ4v) is 4.08. The summed E-state index contributed by atoms with van der Waals surface area (Å²) in [5.41, 5.74) is 0.602. The van der Waals surface area contributed by atoms with E-state index in [4.69, 9.17) is 19.2 Å². The highest BCUT2D eigenvalue weighted by Crippen LogP contribution is 2.38. The van der Waals surface area contributed by atoms with Gasteiger partial charge >= 0.3 is 5.97 Å². The van der Waals surface area contributed by atoms with Gasteiger partial charge in [0.05, 0.1) is 20.8 Å². The lowest BCUT2D eigenvalue weighted by Gasteiger charge is -2.39. The van der Waals surface area contributed by atoms with Gasteiger partial charge < -0.3 is 24.0 Å². The van der Waals surface area contributed by atoms with Gasteiger partial charge in [0, 0.05) is 50.2 Å². The van der Waals surface area contributed by atoms with Crippen molar-refractivity contribution in [3.63, 3.8) is 0 Å². The number of esters is 1. The van der Waals surface area contributed by atoms with Gasteiger partial charge in [-0.05, 0) is 25.1 Å². The molecule has 180 valence electrons. The van der Waals surface area contributed by atoms with Crippen LogP contribution in [0.1, 0.15) is 18.5 Å². The van der Waals surface area contributed by atoms with Crippen molar-refractivity contribution >= 4 is 23.8 Å². The zero-order valence-electron chi connectivity index (χ0n) is 19.4. The number of guanidine groups is 1. The Morgan fingerprint density at radius 1 is 1.09 bits per heavy atom. The van der Waals surface area contributed by atoms with E-state index >= 15 is 0 Å². The van der Waals surface area contributed by atoms with Crippen molar-refractivity contribution in [1.82, 2.24) is 20.2 Å². The van der Waals surface area contributed by atoms with E-state index in [2.05, 4.69) is 20.2 Å². The number of nitrogens with zero attached hydrogens (tertiary/aromatic N) is 5. The maximum absolute atomic E-state index is 13.1. The number of aliphatic imine (C=N–C) groups is 1. The fourth-order valence-electron chi connectivity index (χ4n) is 4.08. The van der Waals surface area contributed by atoms with E-state index in [0.29, 0.717) is 55.1 Å². The lowest BCUT2D eigenvalue weighted by molar-refractivity contribution is -0.153. The number of hydrogen-bond acceptors (Lipinski definition) is 10. The Morgan fingerprint density at radius 3 is 2.44 bits per heavy atom. The van der Waals surface area contributed by atoms with Crippen LogP contribution in [0.2, 0.25) is 0 Å². The molecule has 11 nitrogen and oxygen atoms in total. The second-order valence-corrected chi connectivity index (χ2v) is 7.75. The maximum atomic E-state index is 13.1. The molecule has 1 aromatic carbocycles. The summed E-state index contributed by atoms with van der Waals surface area (Å²) in [4.78, 5) is 43.4. The summed E-state index contributed by atoms with van der Waals surface area (Å²) in [6.07, 6.45) is 3.42. The second-order valence-electron chi connectivity index (χ2n) is 7.75. The van der Waals surface area contributed by atoms with Gasteiger partial charge in [-0.3, -0.25) is 14.9 Å². The summed E-state index contributed by atoms with van der Waals surface area (Å²) in [6.45, 7) is 4.40. The van der Waals surface area contributed by atoms with Crippen LogP contribution in [0.5, 0.6) is 11.5 Å². The van der Waals surface area contributed by atoms with Crippen LogP contribution in [0.15, 0.2) is 41.7 Å². The van der Waals surface area contributed by atoms with Gasteiger partial charge in [0.25, 0.3) is 0 Å². The first-order chi connectivity index (χ1) is 16.5. The molecule has 0 saturated carbocycles. The number of nitrogens with one attached hydrogen (secondary N) is 1. The van der Waals surface area contributed by atoms with Gasteiger partial charge in [0.2, 0.25) is 17.8 Å². The number of rotatable bonds is 6. The quantitative estimate of drug-likeness (QED) is 0.490. The van der Waals surface area contributed by atoms with Gasteiger partial charge in [0.1, 0.15) is 17.5 Å². The lowest BCUT2D eigenvalue weighted by Crippen LogP contribution is -2.57. The molecular weight excluding hydrogens is 440 g/mol. The van der Waals surface area contributed by atoms with Crippen molar-refractivity contribution in [3.8, 4) is 11.5 Å². The van der Waals surface area contributed by atoms with Crippen LogP contribution < -0.4 is 19.7 Å². The normalized spacial score (nSPS) is 20.3. The number of benzene rings is 1. The van der Waals surface area contributed by atoms with E-state index in [-0.39, 0.29) is 6.61 Å². The maximum Gasteiger partial charge on any atom is 0.321 e. The Labute approximate surface area is 197 Å². The average Bonchev–Trinajstić information content (AvgIpc) is 2.88. The highest BCUT2D eigenvalue weighted by Gasteiger charge is 2.43. The summed E-state index contributed by atoms with van der Waals surface area (Å²) in [7, 11) is 3.08. The summed E-state index contributed by atoms with van der Waals surface area (Å²) in [5.74, 6) is -0.0663. The van der Waals surface area contributed by atoms with Gasteiger partial charge in [-0.15, -0.1) is 0 Å². The van der Waals surface area contributed by atoms with Gasteiger partial charge in [-0.25, -0.2) is 15.0 Å². The minimum atomic E-state index is -1.13. The number of piperazine rings is 1. The number of amides is 1. The van der Waals surface area contributed by atoms with E-state index in [1.165, 1.54) is 7.11 Å². The second kappa shape index (κ2) is 10.4. The number of hydrogen-bond donors (Lipinski definition) is 1. The minimum Gasteiger partial charge on any atom is -0.497 e. The first kappa shape index (κ1) is 23.3. The first-order valence-corrected chi connectivity index (χ1v) is 11.1. The van der Waals surface area contributed by atoms with Gasteiger partial charge in [-0.2, -0.15) is 0 Å². The van der Waals surface area contributed by atoms with E-state index in [0.717, 1.165) is 0 Å². The number of aromatic nitrogens is 2. The molecule has 2 aliphatic heterocycles. The van der Waals surface area contributed by atoms with Crippen molar-refractivity contribution in [2.45, 2.75) is 13.0 Å². The van der Waals surface area contributed by atoms with E-state index in [1.807, 2.05) is 4.90 Å². The Kier molecular flexibility index (Phi) is 7.09. The number of ether oxygens (including phenoxy) is 3. The summed E-state index contributed by atoms with van der Waals surface area (Å²) in [6, 6.07) is 6.19. The standard InChI is InChI=1S/C23H28N6O5/c1-4-34-21(31)18-19(16-7-6-15(32-2)14-17(16)33-3)26-23(27-20(18)30)29-12-10-28(11-13-29)22-24-8-5-9-25-22/h5-9,14,18-19H,4,10-13H2,1-3H3,(H,26,27,30)/t18-,19-/m1/s1. The van der Waals surface area contributed by atoms with Crippen molar-refractivity contribution in [3.05, 3.63) is 42.2 Å². The molecule has 2 aromatic rings. The summed E-state index contributed by atoms with van der Waals surface area (Å²) < 4.78 is 16.0. The van der Waals surface area contributed by atoms with E-state index < -0.39 is 23.8 Å². The molecule has 0 spiro atoms. The smallest absolute Gasteiger partial charge is 0.321 e. The molecule has 1 amide bonds. The van der Waals surface area contributed by atoms with Crippen LogP contribution >= 0.6 is 0 Å². The molecule has 1 N–H and O–H groups in total. The van der Waals surface area contributed by atoms with Crippen molar-refractivity contribution < 1.29 is 23.8 Å². The average molecular weight is 469 g/mol. The monoisotopic (exact) mass is 468 g/mol. The highest BCUT2D eigenvalue weighted by molar-refractivity contribution is 6.08. The van der Waals surface area contributed by atoms with Crippen LogP contribution in [0.25, 0.3) is 0 Å². The number of carbonyl (C=O) groups is 2. The van der Waals surface area contributed by atoms with Crippen molar-refractivity contribution in [2.24, 2.45) is 10.9 Å². The Morgan fingerprint density at radius 2 is 1.79 bits per heavy atom. The Balaban J connectivity index is 1.63. The Bertz CT molecular complexity index is 1060. The molecule has 2 atom stereocenters. The van der Waals surface area contributed by atoms with Crippen LogP contribution in [-0.2, 0) is 14.3 Å². The van der Waals surface area contributed by atoms with Crippen molar-refractivity contribution in [1.29, 1.82) is 0 Å². The van der Waals surface area contributed by atoms with Crippen LogP contribution in [0.4, 0.5) is 5.95 Å². The molecule has 1 aromatic heterocycles. The third-order valence-electron chi connectivity index (χ3n) is 5.81. The van der Waals surface area contributed by atoms with Gasteiger partial charge in [0.15, 0.2) is 5.92 Å². The molecule has 0 unspecified atom stereocenters. The van der Waals surface area contributed by atoms with Gasteiger partial charge in [-0.1, -0.05) is 0 Å². The molecular formula is C23H28N6O5. The van der Waals surface area contributed by atoms with Crippen LogP contribution in [0.3, 0.4) is 0 Å². The Hall–Kier alpha value is -3.89. The molecule has 34 heavy (non-hydrogen) atoms. The number of methoxy groups -OCH3 is 2. The third kappa shape index (κ3) is 4.73. The minimum absolute atomic E-state index is 0.162. The third-order valence-corrected chi connectivity index (χ3v) is 5.81. The van der Waals surface area contributed by atoms with Crippen molar-refractivity contribution in [2.75, 3.05) is 51.9 Å². The molecule has 3 heterocycles. The largest absolute Gasteiger partial charge is 0.497 e. The molecule has 0 aliphatic carbocycles. The summed E-state index contributed by atoms with van der Waals surface area (Å²) in [5, 5.41) is 2.81. The lowest BCUT2D eigenvalue weighted by atomic mass is 9.90. The highest BCUT2D eigenvalue weighted by atomic mass is 16.5. The zero-order chi connectivity index (χ0) is 24.1. The molecule has 2 aliphatic rings. The van der Waals surface area contributed by atoms with E-state index in [9.17, 15) is 9.59 Å². The zero-order valence-corrected chi connectivity index (χ0v) is 19.4.